The van der Waals surface area contributed by atoms with Crippen LogP contribution in [0.25, 0.3) is 0 Å². The van der Waals surface area contributed by atoms with E-state index in [0.29, 0.717) is 0 Å². The number of carboxylic acids is 1. The molecule has 0 aliphatic rings. The fourth-order valence-corrected chi connectivity index (χ4v) is 0.409. The van der Waals surface area contributed by atoms with Gasteiger partial charge in [0.05, 0.1) is 0 Å². The van der Waals surface area contributed by atoms with E-state index in [0.717, 1.165) is 0 Å². The molecule has 0 saturated heterocycles. The predicted molar refractivity (Wildman–Crippen MR) is 30.6 cm³/mol. The molecule has 4 nitrogen and oxygen atoms in total. The van der Waals surface area contributed by atoms with Crippen molar-refractivity contribution < 1.29 is 45.7 Å². The summed E-state index contributed by atoms with van der Waals surface area (Å²) in [6, 6.07) is 0. The fraction of sp³-hybridized carbons (Fsp3) is 0.800. The van der Waals surface area contributed by atoms with Crippen molar-refractivity contribution in [1.82, 2.24) is 0 Å². The second-order valence-corrected chi connectivity index (χ2v) is 2.12. The van der Waals surface area contributed by atoms with Crippen molar-refractivity contribution in [2.45, 2.75) is 18.8 Å². The van der Waals surface area contributed by atoms with Gasteiger partial charge in [-0.3, -0.25) is 0 Å². The molecule has 0 bridgehead atoms. The van der Waals surface area contributed by atoms with Gasteiger partial charge in [0.2, 0.25) is 0 Å². The zero-order chi connectivity index (χ0) is 12.3. The first-order valence-corrected chi connectivity index (χ1v) is 3.17. The highest BCUT2D eigenvalue weighted by atomic mass is 19.4. The van der Waals surface area contributed by atoms with Crippen molar-refractivity contribution >= 4 is 5.97 Å². The molecule has 0 aromatic carbocycles. The second-order valence-electron chi connectivity index (χ2n) is 2.12. The summed E-state index contributed by atoms with van der Waals surface area (Å²) in [4.78, 5) is 9.71. The lowest BCUT2D eigenvalue weighted by molar-refractivity contribution is -0.422. The van der Waals surface area contributed by atoms with Gasteiger partial charge in [-0.15, -0.1) is 13.2 Å². The first kappa shape index (κ1) is 14.0. The molecule has 15 heavy (non-hydrogen) atoms. The summed E-state index contributed by atoms with van der Waals surface area (Å²) in [5, 5.41) is 7.85. The average molecular weight is 242 g/mol. The number of aliphatic carboxylic acids is 1. The van der Waals surface area contributed by atoms with Crippen molar-refractivity contribution in [3.8, 4) is 0 Å². The van der Waals surface area contributed by atoms with Crippen LogP contribution in [0.5, 0.6) is 0 Å². The van der Waals surface area contributed by atoms with E-state index in [1.165, 1.54) is 0 Å². The number of carbonyl (C=O) groups is 1. The fourth-order valence-electron chi connectivity index (χ4n) is 0.409. The normalized spacial score (nSPS) is 15.1. The van der Waals surface area contributed by atoms with E-state index in [9.17, 15) is 31.1 Å². The first-order chi connectivity index (χ1) is 6.54. The molecule has 1 unspecified atom stereocenters. The Hall–Kier alpha value is -1.03. The van der Waals surface area contributed by atoms with Gasteiger partial charge in [-0.1, -0.05) is 0 Å². The predicted octanol–water partition coefficient (Wildman–Crippen LogP) is 1.51. The Kier molecular flexibility index (Phi) is 4.34. The summed E-state index contributed by atoms with van der Waals surface area (Å²) in [6.07, 6.45) is -14.7. The second kappa shape index (κ2) is 4.66. The third kappa shape index (κ3) is 6.12. The Labute approximate surface area is 78.4 Å². The molecular formula is C5H4F6O4. The van der Waals surface area contributed by atoms with Crippen LogP contribution in [0.4, 0.5) is 26.3 Å². The Morgan fingerprint density at radius 3 is 2.07 bits per heavy atom. The minimum atomic E-state index is -5.62. The summed E-state index contributed by atoms with van der Waals surface area (Å²) in [7, 11) is 0. The molecule has 0 rings (SSSR count). The minimum absolute atomic E-state index is 1.66. The van der Waals surface area contributed by atoms with E-state index >= 15 is 0 Å². The van der Waals surface area contributed by atoms with Crippen LogP contribution < -0.4 is 0 Å². The monoisotopic (exact) mass is 242 g/mol. The Balaban J connectivity index is 4.25. The molecule has 0 aliphatic heterocycles. The van der Waals surface area contributed by atoms with E-state index in [1.807, 2.05) is 0 Å². The van der Waals surface area contributed by atoms with Crippen molar-refractivity contribution in [3.63, 3.8) is 0 Å². The Morgan fingerprint density at radius 1 is 1.27 bits per heavy atom. The summed E-state index contributed by atoms with van der Waals surface area (Å²) < 4.78 is 75.7. The lowest BCUT2D eigenvalue weighted by Gasteiger charge is -2.20. The van der Waals surface area contributed by atoms with Crippen LogP contribution >= 0.6 is 0 Å². The maximum atomic E-state index is 12.2. The van der Waals surface area contributed by atoms with Crippen LogP contribution in [-0.4, -0.2) is 36.5 Å². The van der Waals surface area contributed by atoms with E-state index in [2.05, 4.69) is 9.47 Å². The van der Waals surface area contributed by atoms with E-state index in [1.54, 1.807) is 0 Å². The Morgan fingerprint density at radius 2 is 1.73 bits per heavy atom. The molecule has 0 heterocycles. The molecule has 1 N–H and O–H groups in total. The van der Waals surface area contributed by atoms with Gasteiger partial charge in [0, 0.05) is 0 Å². The molecule has 0 aliphatic carbocycles. The smallest absolute Gasteiger partial charge is 0.480 e. The topological polar surface area (TPSA) is 55.8 Å². The molecule has 0 radical (unpaired) electrons. The average Bonchev–Trinajstić information content (AvgIpc) is 1.97. The highest BCUT2D eigenvalue weighted by Crippen LogP contribution is 2.29. The third-order valence-electron chi connectivity index (χ3n) is 0.889. The number of halogens is 6. The number of hydrogen-bond donors (Lipinski definition) is 1. The summed E-state index contributed by atoms with van der Waals surface area (Å²) >= 11 is 0. The van der Waals surface area contributed by atoms with Gasteiger partial charge in [-0.05, 0) is 0 Å². The largest absolute Gasteiger partial charge is 0.525 e. The number of hydrogen-bond acceptors (Lipinski definition) is 3. The van der Waals surface area contributed by atoms with Crippen LogP contribution in [0, 0.1) is 0 Å². The van der Waals surface area contributed by atoms with Crippen LogP contribution in [0.1, 0.15) is 0 Å². The van der Waals surface area contributed by atoms with Crippen LogP contribution in [0.3, 0.4) is 0 Å². The Bertz CT molecular complexity index is 226. The highest BCUT2D eigenvalue weighted by Gasteiger charge is 2.49. The number of rotatable bonds is 5. The lowest BCUT2D eigenvalue weighted by atomic mass is 10.6. The molecule has 10 heteroatoms. The van der Waals surface area contributed by atoms with Gasteiger partial charge < -0.3 is 9.84 Å². The van der Waals surface area contributed by atoms with Gasteiger partial charge in [-0.25, -0.2) is 13.9 Å². The van der Waals surface area contributed by atoms with Gasteiger partial charge in [0.1, 0.15) is 0 Å². The molecule has 0 fully saturated rings. The van der Waals surface area contributed by atoms with E-state index < -0.39 is 31.4 Å². The van der Waals surface area contributed by atoms with Crippen LogP contribution in [-0.2, 0) is 14.3 Å². The molecule has 0 saturated carbocycles. The standard InChI is InChI=1S/C5H4F6O4/c6-3(15-5(9,10)11)4(7,8)14-1-2(12)13/h3H,1H2,(H,12,13). The number of ether oxygens (including phenoxy) is 2. The van der Waals surface area contributed by atoms with E-state index in [4.69, 9.17) is 5.11 Å². The molecule has 0 aromatic rings. The quantitative estimate of drug-likeness (QED) is 0.742. The number of carboxylic acid groups (broad SMARTS) is 1. The molecule has 90 valence electrons. The van der Waals surface area contributed by atoms with E-state index in [-0.39, 0.29) is 0 Å². The zero-order valence-electron chi connectivity index (χ0n) is 6.72. The number of alkyl halides is 6. The van der Waals surface area contributed by atoms with Gasteiger partial charge in [-0.2, -0.15) is 8.78 Å². The molecule has 1 atom stereocenters. The summed E-state index contributed by atoms with van der Waals surface area (Å²) in [6.45, 7) is -1.66. The highest BCUT2D eigenvalue weighted by molar-refractivity contribution is 5.68. The van der Waals surface area contributed by atoms with Gasteiger partial charge >= 0.3 is 18.4 Å². The van der Waals surface area contributed by atoms with Crippen molar-refractivity contribution in [3.05, 3.63) is 0 Å². The van der Waals surface area contributed by atoms with Crippen molar-refractivity contribution in [2.24, 2.45) is 0 Å². The van der Waals surface area contributed by atoms with Crippen molar-refractivity contribution in [1.29, 1.82) is 0 Å². The molecule has 0 spiro atoms. The summed E-state index contributed by atoms with van der Waals surface area (Å²) in [5.41, 5.74) is 0. The van der Waals surface area contributed by atoms with Crippen molar-refractivity contribution in [2.75, 3.05) is 6.61 Å². The molecule has 0 aromatic heterocycles. The molecular weight excluding hydrogens is 238 g/mol. The zero-order valence-corrected chi connectivity index (χ0v) is 6.72. The van der Waals surface area contributed by atoms with Gasteiger partial charge in [0.15, 0.2) is 6.61 Å². The van der Waals surface area contributed by atoms with Crippen LogP contribution in [0.2, 0.25) is 0 Å². The lowest BCUT2D eigenvalue weighted by Crippen LogP contribution is -2.39. The molecule has 0 amide bonds. The third-order valence-corrected chi connectivity index (χ3v) is 0.889. The maximum absolute atomic E-state index is 12.2. The summed E-state index contributed by atoms with van der Waals surface area (Å²) in [5.74, 6) is -1.89. The SMILES string of the molecule is O=C(O)COC(F)(F)C(F)OC(F)(F)F. The van der Waals surface area contributed by atoms with Gasteiger partial charge in [0.25, 0.3) is 6.36 Å². The van der Waals surface area contributed by atoms with Crippen LogP contribution in [0.15, 0.2) is 0 Å². The maximum Gasteiger partial charge on any atom is 0.525 e. The first-order valence-electron chi connectivity index (χ1n) is 3.17. The minimum Gasteiger partial charge on any atom is -0.480 e.